The van der Waals surface area contributed by atoms with Gasteiger partial charge in [0.15, 0.2) is 5.16 Å². The van der Waals surface area contributed by atoms with E-state index in [-0.39, 0.29) is 12.4 Å². The molecule has 7 heteroatoms. The first-order chi connectivity index (χ1) is 12.1. The van der Waals surface area contributed by atoms with Gasteiger partial charge in [0, 0.05) is 18.2 Å². The van der Waals surface area contributed by atoms with Gasteiger partial charge in [-0.3, -0.25) is 0 Å². The molecule has 0 aliphatic heterocycles. The summed E-state index contributed by atoms with van der Waals surface area (Å²) >= 11 is 1.50. The highest BCUT2D eigenvalue weighted by molar-refractivity contribution is 7.99. The van der Waals surface area contributed by atoms with Crippen molar-refractivity contribution in [1.29, 1.82) is 0 Å². The maximum absolute atomic E-state index is 11.0. The predicted octanol–water partition coefficient (Wildman–Crippen LogP) is 2.67. The topological polar surface area (TPSA) is 77.2 Å². The fraction of sp³-hybridized carbons (Fsp3) is 0.500. The van der Waals surface area contributed by atoms with Crippen molar-refractivity contribution in [3.05, 3.63) is 36.2 Å². The van der Waals surface area contributed by atoms with Crippen LogP contribution in [0, 0.1) is 0 Å². The third-order valence-electron chi connectivity index (χ3n) is 4.02. The number of Topliss-reactive ketones (excluding diaryl/α,β-unsaturated/α-hetero) is 1. The van der Waals surface area contributed by atoms with Gasteiger partial charge in [0.25, 0.3) is 0 Å². The van der Waals surface area contributed by atoms with Crippen LogP contribution in [0.3, 0.4) is 0 Å². The molecule has 1 aliphatic carbocycles. The van der Waals surface area contributed by atoms with Crippen LogP contribution in [0.4, 0.5) is 0 Å². The first kappa shape index (κ1) is 17.9. The number of aliphatic hydroxyl groups is 1. The number of rotatable bonds is 10. The lowest BCUT2D eigenvalue weighted by Gasteiger charge is -2.12. The SMILES string of the molecule is CC(=O)CCc1ccc(OCC(O)CSc2nncn2C2CC2)cc1. The number of benzene rings is 1. The lowest BCUT2D eigenvalue weighted by molar-refractivity contribution is -0.116. The number of ketones is 1. The molecule has 1 atom stereocenters. The highest BCUT2D eigenvalue weighted by Crippen LogP contribution is 2.37. The molecule has 0 radical (unpaired) electrons. The molecule has 25 heavy (non-hydrogen) atoms. The third-order valence-corrected chi connectivity index (χ3v) is 5.12. The first-order valence-corrected chi connectivity index (χ1v) is 9.52. The number of carbonyl (C=O) groups is 1. The van der Waals surface area contributed by atoms with Crippen molar-refractivity contribution < 1.29 is 14.6 Å². The largest absolute Gasteiger partial charge is 0.491 e. The zero-order chi connectivity index (χ0) is 17.6. The molecule has 0 bridgehead atoms. The van der Waals surface area contributed by atoms with Crippen LogP contribution in [0.1, 0.15) is 37.8 Å². The van der Waals surface area contributed by atoms with Crippen LogP contribution in [0.25, 0.3) is 0 Å². The van der Waals surface area contributed by atoms with Gasteiger partial charge in [-0.25, -0.2) is 0 Å². The average Bonchev–Trinajstić information content (AvgIpc) is 3.35. The van der Waals surface area contributed by atoms with Crippen molar-refractivity contribution in [2.24, 2.45) is 0 Å². The van der Waals surface area contributed by atoms with Gasteiger partial charge in [-0.05, 0) is 43.9 Å². The molecule has 1 N–H and O–H groups in total. The van der Waals surface area contributed by atoms with Gasteiger partial charge in [-0.15, -0.1) is 10.2 Å². The Labute approximate surface area is 151 Å². The van der Waals surface area contributed by atoms with Crippen LogP contribution in [-0.2, 0) is 11.2 Å². The Morgan fingerprint density at radius 1 is 1.40 bits per heavy atom. The number of hydrogen-bond acceptors (Lipinski definition) is 6. The molecule has 1 aliphatic rings. The number of hydrogen-bond donors (Lipinski definition) is 1. The second-order valence-electron chi connectivity index (χ2n) is 6.37. The van der Waals surface area contributed by atoms with E-state index in [1.165, 1.54) is 24.6 Å². The molecule has 3 rings (SSSR count). The maximum Gasteiger partial charge on any atom is 0.191 e. The Hall–Kier alpha value is -1.86. The van der Waals surface area contributed by atoms with E-state index >= 15 is 0 Å². The van der Waals surface area contributed by atoms with E-state index < -0.39 is 6.10 Å². The van der Waals surface area contributed by atoms with Crippen molar-refractivity contribution in [2.45, 2.75) is 49.9 Å². The van der Waals surface area contributed by atoms with Crippen molar-refractivity contribution in [1.82, 2.24) is 14.8 Å². The van der Waals surface area contributed by atoms with Crippen LogP contribution in [-0.4, -0.2) is 44.1 Å². The summed E-state index contributed by atoms with van der Waals surface area (Å²) in [4.78, 5) is 11.0. The summed E-state index contributed by atoms with van der Waals surface area (Å²) in [5.74, 6) is 1.43. The van der Waals surface area contributed by atoms with E-state index in [9.17, 15) is 9.90 Å². The van der Waals surface area contributed by atoms with Gasteiger partial charge >= 0.3 is 0 Å². The smallest absolute Gasteiger partial charge is 0.191 e. The van der Waals surface area contributed by atoms with Crippen molar-refractivity contribution in [2.75, 3.05) is 12.4 Å². The molecule has 0 saturated heterocycles. The first-order valence-electron chi connectivity index (χ1n) is 8.53. The minimum Gasteiger partial charge on any atom is -0.491 e. The summed E-state index contributed by atoms with van der Waals surface area (Å²) in [5, 5.41) is 19.0. The summed E-state index contributed by atoms with van der Waals surface area (Å²) in [5.41, 5.74) is 1.11. The quantitative estimate of drug-likeness (QED) is 0.656. The van der Waals surface area contributed by atoms with Crippen LogP contribution in [0.5, 0.6) is 5.75 Å². The fourth-order valence-corrected chi connectivity index (χ4v) is 3.31. The van der Waals surface area contributed by atoms with Gasteiger partial charge in [0.05, 0.1) is 6.10 Å². The molecule has 1 unspecified atom stereocenters. The summed E-state index contributed by atoms with van der Waals surface area (Å²) in [6.07, 6.45) is 4.85. The van der Waals surface area contributed by atoms with Crippen LogP contribution < -0.4 is 4.74 Å². The van der Waals surface area contributed by atoms with Gasteiger partial charge < -0.3 is 19.2 Å². The number of carbonyl (C=O) groups excluding carboxylic acids is 1. The lowest BCUT2D eigenvalue weighted by Crippen LogP contribution is -2.20. The Morgan fingerprint density at radius 2 is 2.16 bits per heavy atom. The Balaban J connectivity index is 1.40. The molecule has 1 aromatic heterocycles. The Kier molecular flexibility index (Phi) is 6.09. The third kappa shape index (κ3) is 5.57. The van der Waals surface area contributed by atoms with E-state index in [4.69, 9.17) is 4.74 Å². The second-order valence-corrected chi connectivity index (χ2v) is 7.36. The number of ether oxygens (including phenoxy) is 1. The van der Waals surface area contributed by atoms with Crippen LogP contribution >= 0.6 is 11.8 Å². The van der Waals surface area contributed by atoms with Crippen molar-refractivity contribution >= 4 is 17.5 Å². The summed E-state index contributed by atoms with van der Waals surface area (Å²) in [6, 6.07) is 8.19. The average molecular weight is 361 g/mol. The number of aryl methyl sites for hydroxylation is 1. The Morgan fingerprint density at radius 3 is 2.84 bits per heavy atom. The highest BCUT2D eigenvalue weighted by atomic mass is 32.2. The van der Waals surface area contributed by atoms with E-state index in [2.05, 4.69) is 14.8 Å². The normalized spacial score (nSPS) is 15.1. The molecular weight excluding hydrogens is 338 g/mol. The molecule has 134 valence electrons. The molecule has 1 fully saturated rings. The molecule has 6 nitrogen and oxygen atoms in total. The van der Waals surface area contributed by atoms with Gasteiger partial charge in [0.2, 0.25) is 0 Å². The van der Waals surface area contributed by atoms with E-state index in [0.717, 1.165) is 22.9 Å². The highest BCUT2D eigenvalue weighted by Gasteiger charge is 2.26. The predicted molar refractivity (Wildman–Crippen MR) is 96.0 cm³/mol. The molecule has 1 saturated carbocycles. The van der Waals surface area contributed by atoms with Gasteiger partial charge in [-0.1, -0.05) is 23.9 Å². The number of nitrogens with zero attached hydrogens (tertiary/aromatic N) is 3. The van der Waals surface area contributed by atoms with Gasteiger partial charge in [-0.2, -0.15) is 0 Å². The summed E-state index contributed by atoms with van der Waals surface area (Å²) in [6.45, 7) is 1.83. The molecule has 1 heterocycles. The number of aliphatic hydroxyl groups excluding tert-OH is 1. The standard InChI is InChI=1S/C18H23N3O3S/c1-13(22)2-3-14-4-8-17(9-5-14)24-10-16(23)11-25-18-20-19-12-21(18)15-6-7-15/h4-5,8-9,12,15-16,23H,2-3,6-7,10-11H2,1H3. The minimum absolute atomic E-state index is 0.193. The monoisotopic (exact) mass is 361 g/mol. The van der Waals surface area contributed by atoms with Crippen LogP contribution in [0.2, 0.25) is 0 Å². The van der Waals surface area contributed by atoms with Crippen molar-refractivity contribution in [3.63, 3.8) is 0 Å². The molecule has 2 aromatic rings. The number of thioether (sulfide) groups is 1. The summed E-state index contributed by atoms with van der Waals surface area (Å²) < 4.78 is 7.72. The van der Waals surface area contributed by atoms with Gasteiger partial charge in [0.1, 0.15) is 24.5 Å². The number of aromatic nitrogens is 3. The molecule has 0 amide bonds. The molecule has 0 spiro atoms. The van der Waals surface area contributed by atoms with Crippen LogP contribution in [0.15, 0.2) is 35.7 Å². The zero-order valence-corrected chi connectivity index (χ0v) is 15.1. The summed E-state index contributed by atoms with van der Waals surface area (Å²) in [7, 11) is 0. The molecule has 1 aromatic carbocycles. The fourth-order valence-electron chi connectivity index (χ4n) is 2.42. The Bertz CT molecular complexity index is 698. The van der Waals surface area contributed by atoms with Crippen molar-refractivity contribution in [3.8, 4) is 5.75 Å². The molecular formula is C18H23N3O3S. The van der Waals surface area contributed by atoms with E-state index in [0.29, 0.717) is 18.2 Å². The van der Waals surface area contributed by atoms with E-state index in [1.807, 2.05) is 24.3 Å². The zero-order valence-electron chi connectivity index (χ0n) is 14.3. The van der Waals surface area contributed by atoms with E-state index in [1.54, 1.807) is 13.3 Å². The maximum atomic E-state index is 11.0. The lowest BCUT2D eigenvalue weighted by atomic mass is 10.1. The minimum atomic E-state index is -0.577. The second kappa shape index (κ2) is 8.49.